The van der Waals surface area contributed by atoms with Crippen LogP contribution in [0.4, 0.5) is 5.69 Å². The molecule has 128 valence electrons. The minimum Gasteiger partial charge on any atom is -0.497 e. The normalized spacial score (nSPS) is 10.5. The quantitative estimate of drug-likeness (QED) is 0.678. The molecule has 2 aromatic heterocycles. The summed E-state index contributed by atoms with van der Waals surface area (Å²) in [6.07, 6.45) is 1.67. The lowest BCUT2D eigenvalue weighted by Crippen LogP contribution is -2.14. The molecule has 0 fully saturated rings. The molecule has 2 heterocycles. The average molecular weight is 356 g/mol. The number of nitrogens with zero attached hydrogens (tertiary/aromatic N) is 3. The van der Waals surface area contributed by atoms with Gasteiger partial charge in [0, 0.05) is 24.9 Å². The predicted molar refractivity (Wildman–Crippen MR) is 94.6 cm³/mol. The summed E-state index contributed by atoms with van der Waals surface area (Å²) < 4.78 is 10.2. The maximum Gasteiger partial charge on any atom is 0.234 e. The Labute approximate surface area is 148 Å². The Kier molecular flexibility index (Phi) is 5.30. The van der Waals surface area contributed by atoms with Gasteiger partial charge < -0.3 is 14.6 Å². The van der Waals surface area contributed by atoms with Crippen molar-refractivity contribution in [2.45, 2.75) is 11.9 Å². The summed E-state index contributed by atoms with van der Waals surface area (Å²) >= 11 is 1.31. The summed E-state index contributed by atoms with van der Waals surface area (Å²) in [5, 5.41) is 7.41. The van der Waals surface area contributed by atoms with E-state index in [0.29, 0.717) is 28.2 Å². The van der Waals surface area contributed by atoms with Crippen molar-refractivity contribution < 1.29 is 14.1 Å². The summed E-state index contributed by atoms with van der Waals surface area (Å²) in [7, 11) is 1.58. The van der Waals surface area contributed by atoms with Gasteiger partial charge in [0.15, 0.2) is 0 Å². The zero-order chi connectivity index (χ0) is 17.6. The van der Waals surface area contributed by atoms with Gasteiger partial charge in [0.05, 0.1) is 18.4 Å². The van der Waals surface area contributed by atoms with Gasteiger partial charge in [0.25, 0.3) is 0 Å². The number of carbonyl (C=O) groups is 1. The maximum atomic E-state index is 12.2. The van der Waals surface area contributed by atoms with Gasteiger partial charge in [0.2, 0.25) is 17.6 Å². The fourth-order valence-corrected chi connectivity index (χ4v) is 2.91. The number of rotatable bonds is 6. The van der Waals surface area contributed by atoms with E-state index in [9.17, 15) is 4.79 Å². The van der Waals surface area contributed by atoms with Crippen molar-refractivity contribution in [3.05, 3.63) is 48.5 Å². The summed E-state index contributed by atoms with van der Waals surface area (Å²) in [4.78, 5) is 20.7. The highest BCUT2D eigenvalue weighted by Crippen LogP contribution is 2.27. The zero-order valence-corrected chi connectivity index (χ0v) is 14.5. The number of anilines is 1. The van der Waals surface area contributed by atoms with Crippen molar-refractivity contribution >= 4 is 23.4 Å². The van der Waals surface area contributed by atoms with Crippen LogP contribution in [0.5, 0.6) is 5.75 Å². The second kappa shape index (κ2) is 7.80. The average Bonchev–Trinajstić information content (AvgIpc) is 3.06. The molecule has 0 spiro atoms. The van der Waals surface area contributed by atoms with Crippen LogP contribution >= 0.6 is 11.8 Å². The maximum absolute atomic E-state index is 12.2. The van der Waals surface area contributed by atoms with Gasteiger partial charge in [0.1, 0.15) is 10.8 Å². The number of carbonyl (C=O) groups excluding carboxylic acids is 1. The van der Waals surface area contributed by atoms with Gasteiger partial charge in [-0.25, -0.2) is 4.98 Å². The molecule has 1 amide bonds. The molecule has 0 atom stereocenters. The predicted octanol–water partition coefficient (Wildman–Crippen LogP) is 3.18. The third-order valence-corrected chi connectivity index (χ3v) is 4.24. The molecule has 7 nitrogen and oxygen atoms in total. The largest absolute Gasteiger partial charge is 0.497 e. The van der Waals surface area contributed by atoms with E-state index in [1.165, 1.54) is 11.8 Å². The molecule has 3 aromatic rings. The van der Waals surface area contributed by atoms with Crippen molar-refractivity contribution in [3.63, 3.8) is 0 Å². The Morgan fingerprint density at radius 2 is 2.20 bits per heavy atom. The topological polar surface area (TPSA) is 90.1 Å². The van der Waals surface area contributed by atoms with E-state index in [1.807, 2.05) is 18.2 Å². The van der Waals surface area contributed by atoms with E-state index in [2.05, 4.69) is 20.4 Å². The SMILES string of the molecule is COc1cccc(NC(=O)CSc2ncccc2-c2noc(C)n2)c1. The van der Waals surface area contributed by atoms with E-state index in [4.69, 9.17) is 9.26 Å². The van der Waals surface area contributed by atoms with E-state index in [-0.39, 0.29) is 11.7 Å². The molecule has 0 saturated heterocycles. The van der Waals surface area contributed by atoms with Crippen LogP contribution < -0.4 is 10.1 Å². The number of methoxy groups -OCH3 is 1. The van der Waals surface area contributed by atoms with Gasteiger partial charge in [-0.3, -0.25) is 4.79 Å². The van der Waals surface area contributed by atoms with Crippen LogP contribution in [0.1, 0.15) is 5.89 Å². The van der Waals surface area contributed by atoms with Crippen LogP contribution in [-0.4, -0.2) is 33.9 Å². The Morgan fingerprint density at radius 1 is 1.32 bits per heavy atom. The molecule has 0 unspecified atom stereocenters. The smallest absolute Gasteiger partial charge is 0.234 e. The van der Waals surface area contributed by atoms with Crippen molar-refractivity contribution in [2.24, 2.45) is 0 Å². The minimum absolute atomic E-state index is 0.140. The van der Waals surface area contributed by atoms with Crippen molar-refractivity contribution in [1.82, 2.24) is 15.1 Å². The highest BCUT2D eigenvalue weighted by Gasteiger charge is 2.14. The Bertz CT molecular complexity index is 882. The molecule has 0 radical (unpaired) electrons. The standard InChI is InChI=1S/C17H16N4O3S/c1-11-19-16(21-24-11)14-7-4-8-18-17(14)25-10-15(22)20-12-5-3-6-13(9-12)23-2/h3-9H,10H2,1-2H3,(H,20,22). The molecule has 0 aliphatic rings. The van der Waals surface area contributed by atoms with Crippen molar-refractivity contribution in [1.29, 1.82) is 0 Å². The summed E-state index contributed by atoms with van der Waals surface area (Å²) in [6, 6.07) is 10.8. The van der Waals surface area contributed by atoms with Gasteiger partial charge in [-0.1, -0.05) is 23.0 Å². The zero-order valence-electron chi connectivity index (χ0n) is 13.7. The first-order valence-corrected chi connectivity index (χ1v) is 8.46. The van der Waals surface area contributed by atoms with E-state index in [0.717, 1.165) is 5.56 Å². The molecule has 0 saturated carbocycles. The molecule has 1 N–H and O–H groups in total. The number of amides is 1. The molecule has 1 aromatic carbocycles. The molecule has 25 heavy (non-hydrogen) atoms. The van der Waals surface area contributed by atoms with Crippen LogP contribution in [0.2, 0.25) is 0 Å². The first-order chi connectivity index (χ1) is 12.2. The second-order valence-electron chi connectivity index (χ2n) is 5.06. The minimum atomic E-state index is -0.140. The number of hydrogen-bond donors (Lipinski definition) is 1. The Hall–Kier alpha value is -2.87. The number of aromatic nitrogens is 3. The number of nitrogens with one attached hydrogen (secondary N) is 1. The monoisotopic (exact) mass is 356 g/mol. The summed E-state index contributed by atoms with van der Waals surface area (Å²) in [6.45, 7) is 1.72. The molecule has 0 aliphatic carbocycles. The van der Waals surface area contributed by atoms with Gasteiger partial charge in [-0.2, -0.15) is 4.98 Å². The van der Waals surface area contributed by atoms with Crippen LogP contribution in [0.25, 0.3) is 11.4 Å². The summed E-state index contributed by atoms with van der Waals surface area (Å²) in [5.41, 5.74) is 1.42. The van der Waals surface area contributed by atoms with E-state index < -0.39 is 0 Å². The number of pyridine rings is 1. The van der Waals surface area contributed by atoms with E-state index >= 15 is 0 Å². The molecular formula is C17H16N4O3S. The number of benzene rings is 1. The first-order valence-electron chi connectivity index (χ1n) is 7.48. The first kappa shape index (κ1) is 17.0. The number of ether oxygens (including phenoxy) is 1. The lowest BCUT2D eigenvalue weighted by molar-refractivity contribution is -0.113. The van der Waals surface area contributed by atoms with Crippen molar-refractivity contribution in [2.75, 3.05) is 18.2 Å². The van der Waals surface area contributed by atoms with Crippen LogP contribution in [0, 0.1) is 6.92 Å². The third kappa shape index (κ3) is 4.36. The van der Waals surface area contributed by atoms with Crippen LogP contribution in [-0.2, 0) is 4.79 Å². The van der Waals surface area contributed by atoms with E-state index in [1.54, 1.807) is 38.4 Å². The molecular weight excluding hydrogens is 340 g/mol. The summed E-state index contributed by atoms with van der Waals surface area (Å²) in [5.74, 6) is 1.69. The molecule has 0 aliphatic heterocycles. The number of aryl methyl sites for hydroxylation is 1. The van der Waals surface area contributed by atoms with Gasteiger partial charge in [-0.15, -0.1) is 0 Å². The second-order valence-corrected chi connectivity index (χ2v) is 6.03. The molecule has 3 rings (SSSR count). The molecule has 0 bridgehead atoms. The lowest BCUT2D eigenvalue weighted by Gasteiger charge is -2.07. The fourth-order valence-electron chi connectivity index (χ4n) is 2.12. The molecule has 8 heteroatoms. The highest BCUT2D eigenvalue weighted by molar-refractivity contribution is 8.00. The Balaban J connectivity index is 1.66. The highest BCUT2D eigenvalue weighted by atomic mass is 32.2. The van der Waals surface area contributed by atoms with Crippen LogP contribution in [0.3, 0.4) is 0 Å². The Morgan fingerprint density at radius 3 is 2.96 bits per heavy atom. The van der Waals surface area contributed by atoms with Gasteiger partial charge >= 0.3 is 0 Å². The number of hydrogen-bond acceptors (Lipinski definition) is 7. The third-order valence-electron chi connectivity index (χ3n) is 3.23. The van der Waals surface area contributed by atoms with Crippen molar-refractivity contribution in [3.8, 4) is 17.1 Å². The number of thioether (sulfide) groups is 1. The lowest BCUT2D eigenvalue weighted by atomic mass is 10.3. The van der Waals surface area contributed by atoms with Crippen LogP contribution in [0.15, 0.2) is 52.1 Å². The van der Waals surface area contributed by atoms with Gasteiger partial charge in [-0.05, 0) is 24.3 Å². The fraction of sp³-hybridized carbons (Fsp3) is 0.176.